The van der Waals surface area contributed by atoms with Gasteiger partial charge >= 0.3 is 6.01 Å². The first kappa shape index (κ1) is 26.2. The molecule has 0 saturated carbocycles. The summed E-state index contributed by atoms with van der Waals surface area (Å²) in [5.74, 6) is 0.623. The summed E-state index contributed by atoms with van der Waals surface area (Å²) in [6.45, 7) is 6.83. The summed E-state index contributed by atoms with van der Waals surface area (Å²) in [6.07, 6.45) is 3.83. The summed E-state index contributed by atoms with van der Waals surface area (Å²) in [4.78, 5) is 28.5. The fraction of sp³-hybridized carbons (Fsp3) is 0.355. The van der Waals surface area contributed by atoms with E-state index in [4.69, 9.17) is 14.7 Å². The highest BCUT2D eigenvalue weighted by atomic mass is 32.1. The number of nitriles is 1. The van der Waals surface area contributed by atoms with E-state index in [-0.39, 0.29) is 18.4 Å². The first-order chi connectivity index (χ1) is 19.6. The van der Waals surface area contributed by atoms with Gasteiger partial charge in [0.05, 0.1) is 24.0 Å². The van der Waals surface area contributed by atoms with Crippen LogP contribution >= 0.6 is 11.3 Å². The van der Waals surface area contributed by atoms with Gasteiger partial charge in [0, 0.05) is 41.1 Å². The first-order valence-electron chi connectivity index (χ1n) is 13.7. The summed E-state index contributed by atoms with van der Waals surface area (Å²) in [7, 11) is 2.13. The van der Waals surface area contributed by atoms with Crippen LogP contribution in [0.2, 0.25) is 0 Å². The number of fused-ring (bicyclic) bond motifs is 2. The Morgan fingerprint density at radius 3 is 2.88 bits per heavy atom. The number of nitrogens with zero attached hydrogens (tertiary/aromatic N) is 6. The number of amides is 1. The summed E-state index contributed by atoms with van der Waals surface area (Å²) in [5.41, 5.74) is 3.07. The summed E-state index contributed by atoms with van der Waals surface area (Å²) < 4.78 is 7.49. The molecule has 2 aliphatic rings. The van der Waals surface area contributed by atoms with Gasteiger partial charge in [0.1, 0.15) is 12.4 Å². The quantitative estimate of drug-likeness (QED) is 0.295. The average molecular weight is 553 g/mol. The molecule has 8 nitrogen and oxygen atoms in total. The van der Waals surface area contributed by atoms with Crippen LogP contribution in [0.25, 0.3) is 32.1 Å². The van der Waals surface area contributed by atoms with E-state index >= 15 is 0 Å². The second-order valence-corrected chi connectivity index (χ2v) is 11.4. The molecule has 0 radical (unpaired) electrons. The molecule has 9 heteroatoms. The van der Waals surface area contributed by atoms with E-state index in [0.717, 1.165) is 35.2 Å². The Kier molecular flexibility index (Phi) is 7.37. The molecule has 40 heavy (non-hydrogen) atoms. The molecule has 1 amide bonds. The molecule has 2 aliphatic heterocycles. The number of aromatic nitrogens is 2. The first-order valence-corrected chi connectivity index (χ1v) is 14.6. The van der Waals surface area contributed by atoms with Crippen LogP contribution in [0.15, 0.2) is 60.5 Å². The SMILES string of the molecule is C=CC(=O)N1CCN(c2nc(OC[C@@H]3CCCN3C)nc3cc(-c4cccc5sccc45)ccc23)C[C@@H]1CC#N. The second kappa shape index (κ2) is 11.2. The van der Waals surface area contributed by atoms with E-state index in [2.05, 4.69) is 77.3 Å². The number of thiophene rings is 1. The molecule has 2 fully saturated rings. The van der Waals surface area contributed by atoms with Gasteiger partial charge in [-0.1, -0.05) is 24.8 Å². The third kappa shape index (κ3) is 5.01. The van der Waals surface area contributed by atoms with Gasteiger partial charge in [-0.05, 0) is 73.3 Å². The molecule has 2 aromatic heterocycles. The molecule has 0 bridgehead atoms. The highest BCUT2D eigenvalue weighted by Gasteiger charge is 2.31. The van der Waals surface area contributed by atoms with Crippen molar-refractivity contribution in [1.29, 1.82) is 5.26 Å². The minimum absolute atomic E-state index is 0.149. The maximum absolute atomic E-state index is 12.5. The fourth-order valence-electron chi connectivity index (χ4n) is 5.91. The highest BCUT2D eigenvalue weighted by molar-refractivity contribution is 7.17. The van der Waals surface area contributed by atoms with Crippen LogP contribution in [0.5, 0.6) is 6.01 Å². The molecular weight excluding hydrogens is 520 g/mol. The molecule has 0 N–H and O–H groups in total. The Labute approximate surface area is 238 Å². The number of carbonyl (C=O) groups is 1. The van der Waals surface area contributed by atoms with Gasteiger partial charge in [0.2, 0.25) is 5.91 Å². The van der Waals surface area contributed by atoms with Crippen LogP contribution in [0.1, 0.15) is 19.3 Å². The number of carbonyl (C=O) groups excluding carboxylic acids is 1. The zero-order valence-electron chi connectivity index (χ0n) is 22.6. The molecule has 4 heterocycles. The Balaban J connectivity index is 1.39. The van der Waals surface area contributed by atoms with Crippen molar-refractivity contribution < 1.29 is 9.53 Å². The van der Waals surface area contributed by atoms with Crippen molar-refractivity contribution >= 4 is 44.1 Å². The topological polar surface area (TPSA) is 85.6 Å². The van der Waals surface area contributed by atoms with Crippen molar-refractivity contribution in [2.45, 2.75) is 31.3 Å². The van der Waals surface area contributed by atoms with E-state index < -0.39 is 0 Å². The third-order valence-corrected chi connectivity index (χ3v) is 8.99. The Hall–Kier alpha value is -4.00. The lowest BCUT2D eigenvalue weighted by Crippen LogP contribution is -2.55. The molecule has 2 atom stereocenters. The molecule has 0 unspecified atom stereocenters. The molecular formula is C31H32N6O2S. The van der Waals surface area contributed by atoms with E-state index in [0.29, 0.717) is 38.3 Å². The number of ether oxygens (including phenoxy) is 1. The Morgan fingerprint density at radius 2 is 2.08 bits per heavy atom. The monoisotopic (exact) mass is 552 g/mol. The highest BCUT2D eigenvalue weighted by Crippen LogP contribution is 2.36. The lowest BCUT2D eigenvalue weighted by atomic mass is 10.0. The van der Waals surface area contributed by atoms with Gasteiger partial charge in [-0.25, -0.2) is 0 Å². The Morgan fingerprint density at radius 1 is 1.18 bits per heavy atom. The number of hydrogen-bond acceptors (Lipinski definition) is 8. The summed E-state index contributed by atoms with van der Waals surface area (Å²) in [6, 6.07) is 17.6. The lowest BCUT2D eigenvalue weighted by molar-refractivity contribution is -0.128. The van der Waals surface area contributed by atoms with Crippen molar-refractivity contribution in [3.05, 3.63) is 60.5 Å². The van der Waals surface area contributed by atoms with Gasteiger partial charge in [-0.3, -0.25) is 4.79 Å². The maximum Gasteiger partial charge on any atom is 0.319 e. The van der Waals surface area contributed by atoms with Gasteiger partial charge in [0.25, 0.3) is 0 Å². The van der Waals surface area contributed by atoms with Crippen LogP contribution in [0.3, 0.4) is 0 Å². The lowest BCUT2D eigenvalue weighted by Gasteiger charge is -2.41. The van der Waals surface area contributed by atoms with Crippen molar-refractivity contribution in [3.63, 3.8) is 0 Å². The molecule has 6 rings (SSSR count). The maximum atomic E-state index is 12.5. The zero-order chi connectivity index (χ0) is 27.6. The summed E-state index contributed by atoms with van der Waals surface area (Å²) >= 11 is 1.74. The van der Waals surface area contributed by atoms with Crippen LogP contribution < -0.4 is 9.64 Å². The summed E-state index contributed by atoms with van der Waals surface area (Å²) in [5, 5.41) is 13.7. The minimum atomic E-state index is -0.249. The number of anilines is 1. The molecule has 2 saturated heterocycles. The van der Waals surface area contributed by atoms with Crippen LogP contribution in [-0.4, -0.2) is 77.6 Å². The van der Waals surface area contributed by atoms with Gasteiger partial charge in [-0.2, -0.15) is 15.2 Å². The fourth-order valence-corrected chi connectivity index (χ4v) is 6.72. The number of hydrogen-bond donors (Lipinski definition) is 0. The third-order valence-electron chi connectivity index (χ3n) is 8.11. The molecule has 0 spiro atoms. The van der Waals surface area contributed by atoms with Crippen LogP contribution in [0, 0.1) is 11.3 Å². The standard InChI is InChI=1S/C31H32N6O2S/c1-3-29(38)37-16-15-36(19-22(37)11-13-32)30-26-10-9-21(24-7-4-8-28-25(24)12-17-40-28)18-27(26)33-31(34-30)39-20-23-6-5-14-35(23)2/h3-4,7-10,12,17-18,22-23H,1,5-6,11,14-16,19-20H2,2H3/t22-,23-/m0/s1. The predicted molar refractivity (Wildman–Crippen MR) is 160 cm³/mol. The van der Waals surface area contributed by atoms with E-state index in [9.17, 15) is 10.1 Å². The van der Waals surface area contributed by atoms with Gasteiger partial charge < -0.3 is 19.4 Å². The van der Waals surface area contributed by atoms with Crippen molar-refractivity contribution in [2.24, 2.45) is 0 Å². The number of likely N-dealkylation sites (N-methyl/N-ethyl adjacent to an activating group) is 1. The Bertz CT molecular complexity index is 1610. The minimum Gasteiger partial charge on any atom is -0.462 e. The van der Waals surface area contributed by atoms with Gasteiger partial charge in [0.15, 0.2) is 0 Å². The largest absolute Gasteiger partial charge is 0.462 e. The van der Waals surface area contributed by atoms with E-state index in [1.165, 1.54) is 28.1 Å². The van der Waals surface area contributed by atoms with Crippen LogP contribution in [-0.2, 0) is 4.79 Å². The number of benzene rings is 2. The molecule has 204 valence electrons. The van der Waals surface area contributed by atoms with Crippen LogP contribution in [0.4, 0.5) is 5.82 Å². The molecule has 4 aromatic rings. The number of piperazine rings is 1. The van der Waals surface area contributed by atoms with E-state index in [1.807, 2.05) is 0 Å². The van der Waals surface area contributed by atoms with E-state index in [1.54, 1.807) is 16.2 Å². The second-order valence-electron chi connectivity index (χ2n) is 10.5. The van der Waals surface area contributed by atoms with Crippen molar-refractivity contribution in [2.75, 3.05) is 44.7 Å². The molecule has 0 aliphatic carbocycles. The normalized spacial score (nSPS) is 19.7. The molecule has 2 aromatic carbocycles. The van der Waals surface area contributed by atoms with Gasteiger partial charge in [-0.15, -0.1) is 11.3 Å². The smallest absolute Gasteiger partial charge is 0.319 e. The predicted octanol–water partition coefficient (Wildman–Crippen LogP) is 5.10. The zero-order valence-corrected chi connectivity index (χ0v) is 23.4. The van der Waals surface area contributed by atoms with Crippen molar-refractivity contribution in [1.82, 2.24) is 19.8 Å². The van der Waals surface area contributed by atoms with Crippen molar-refractivity contribution in [3.8, 4) is 23.2 Å². The number of likely N-dealkylation sites (tertiary alicyclic amines) is 1. The average Bonchev–Trinajstić information content (AvgIpc) is 3.63. The number of rotatable bonds is 7.